The highest BCUT2D eigenvalue weighted by molar-refractivity contribution is 7.89. The molecule has 0 spiro atoms. The van der Waals surface area contributed by atoms with Gasteiger partial charge in [-0.3, -0.25) is 4.79 Å². The van der Waals surface area contributed by atoms with Crippen LogP contribution >= 0.6 is 0 Å². The van der Waals surface area contributed by atoms with Gasteiger partial charge in [0.2, 0.25) is 15.9 Å². The van der Waals surface area contributed by atoms with Gasteiger partial charge in [0, 0.05) is 18.7 Å². The number of aliphatic hydroxyl groups is 1. The standard InChI is InChI=1S/C29H38F2N2O10S/c1-4-42-29(36)20(2)17-22-18-25(30)27(26(31)19-22)43-23-5-7-24(8-6-23)44(37,38)33-10-12-40-14-16-41-15-13-39-11-9-32-28(35)21(3)34/h5-8,17-19,21,33-34H,4,9-16H2,1-3H3,(H,32,35)/b20-17+/t21-/m1/s1. The second kappa shape index (κ2) is 19.0. The van der Waals surface area contributed by atoms with Gasteiger partial charge in [0.1, 0.15) is 11.9 Å². The highest BCUT2D eigenvalue weighted by atomic mass is 32.2. The van der Waals surface area contributed by atoms with E-state index in [-0.39, 0.29) is 67.9 Å². The number of carbonyl (C=O) groups is 2. The monoisotopic (exact) mass is 644 g/mol. The molecule has 2 rings (SSSR count). The molecular weight excluding hydrogens is 606 g/mol. The quantitative estimate of drug-likeness (QED) is 0.111. The number of sulfonamides is 1. The van der Waals surface area contributed by atoms with Crippen molar-refractivity contribution < 1.29 is 55.6 Å². The number of aliphatic hydroxyl groups excluding tert-OH is 1. The van der Waals surface area contributed by atoms with Crippen LogP contribution in [0.5, 0.6) is 11.5 Å². The number of hydrogen-bond donors (Lipinski definition) is 3. The molecule has 0 heterocycles. The molecule has 0 saturated heterocycles. The second-order valence-electron chi connectivity index (χ2n) is 9.14. The molecule has 2 aromatic carbocycles. The summed E-state index contributed by atoms with van der Waals surface area (Å²) in [4.78, 5) is 22.8. The van der Waals surface area contributed by atoms with Crippen LogP contribution in [0.15, 0.2) is 46.9 Å². The van der Waals surface area contributed by atoms with Crippen LogP contribution in [0.4, 0.5) is 8.78 Å². The molecule has 0 bridgehead atoms. The van der Waals surface area contributed by atoms with Crippen molar-refractivity contribution in [3.05, 3.63) is 59.2 Å². The number of amides is 1. The summed E-state index contributed by atoms with van der Waals surface area (Å²) in [6, 6.07) is 6.97. The van der Waals surface area contributed by atoms with Crippen molar-refractivity contribution in [2.45, 2.75) is 31.8 Å². The first-order valence-electron chi connectivity index (χ1n) is 13.8. The number of nitrogens with one attached hydrogen (secondary N) is 2. The van der Waals surface area contributed by atoms with Crippen LogP contribution in [0.1, 0.15) is 26.3 Å². The Balaban J connectivity index is 1.71. The van der Waals surface area contributed by atoms with Crippen LogP contribution in [-0.4, -0.2) is 90.8 Å². The smallest absolute Gasteiger partial charge is 0.333 e. The lowest BCUT2D eigenvalue weighted by molar-refractivity contribution is -0.138. The number of esters is 1. The van der Waals surface area contributed by atoms with Gasteiger partial charge in [-0.05, 0) is 68.8 Å². The largest absolute Gasteiger partial charge is 0.463 e. The minimum atomic E-state index is -3.88. The molecule has 2 aromatic rings. The van der Waals surface area contributed by atoms with E-state index in [9.17, 15) is 26.8 Å². The second-order valence-corrected chi connectivity index (χ2v) is 10.9. The van der Waals surface area contributed by atoms with E-state index in [0.717, 1.165) is 12.1 Å². The molecule has 0 aliphatic carbocycles. The Labute approximate surface area is 255 Å². The van der Waals surface area contributed by atoms with E-state index in [1.165, 1.54) is 44.2 Å². The molecule has 0 radical (unpaired) electrons. The molecule has 3 N–H and O–H groups in total. The fraction of sp³-hybridized carbons (Fsp3) is 0.448. The number of ether oxygens (including phenoxy) is 5. The fourth-order valence-electron chi connectivity index (χ4n) is 3.39. The maximum atomic E-state index is 14.6. The van der Waals surface area contributed by atoms with Gasteiger partial charge in [0.25, 0.3) is 0 Å². The first-order chi connectivity index (χ1) is 20.9. The van der Waals surface area contributed by atoms with Gasteiger partial charge in [-0.25, -0.2) is 26.7 Å². The van der Waals surface area contributed by atoms with Crippen molar-refractivity contribution in [2.24, 2.45) is 0 Å². The number of halogens is 2. The summed E-state index contributed by atoms with van der Waals surface area (Å²) in [5, 5.41) is 11.5. The maximum absolute atomic E-state index is 14.6. The Morgan fingerprint density at radius 1 is 0.932 bits per heavy atom. The van der Waals surface area contributed by atoms with E-state index >= 15 is 0 Å². The lowest BCUT2D eigenvalue weighted by Crippen LogP contribution is -2.34. The Kier molecular flexibility index (Phi) is 15.9. The Morgan fingerprint density at radius 3 is 2.02 bits per heavy atom. The van der Waals surface area contributed by atoms with Crippen molar-refractivity contribution in [1.29, 1.82) is 0 Å². The zero-order chi connectivity index (χ0) is 32.5. The minimum absolute atomic E-state index is 0.00424. The SMILES string of the molecule is CCOC(=O)/C(C)=C/c1cc(F)c(Oc2ccc(S(=O)(=O)NCCOCCOCCOCCNC(=O)[C@@H](C)O)cc2)c(F)c1. The summed E-state index contributed by atoms with van der Waals surface area (Å²) >= 11 is 0. The summed E-state index contributed by atoms with van der Waals surface area (Å²) < 4.78 is 82.7. The topological polar surface area (TPSA) is 159 Å². The van der Waals surface area contributed by atoms with Gasteiger partial charge >= 0.3 is 5.97 Å². The molecule has 244 valence electrons. The average molecular weight is 645 g/mol. The normalized spacial score (nSPS) is 12.5. The third-order valence-electron chi connectivity index (χ3n) is 5.56. The molecule has 0 fully saturated rings. The van der Waals surface area contributed by atoms with Gasteiger partial charge in [0.15, 0.2) is 17.4 Å². The molecule has 0 aromatic heterocycles. The molecule has 12 nitrogen and oxygen atoms in total. The summed E-state index contributed by atoms with van der Waals surface area (Å²) in [6.07, 6.45) is 0.213. The molecule has 1 amide bonds. The maximum Gasteiger partial charge on any atom is 0.333 e. The Morgan fingerprint density at radius 2 is 1.48 bits per heavy atom. The highest BCUT2D eigenvalue weighted by Crippen LogP contribution is 2.30. The first kappa shape index (κ1) is 36.7. The van der Waals surface area contributed by atoms with E-state index in [1.54, 1.807) is 6.92 Å². The van der Waals surface area contributed by atoms with E-state index in [2.05, 4.69) is 10.0 Å². The molecule has 0 aliphatic heterocycles. The zero-order valence-corrected chi connectivity index (χ0v) is 25.6. The minimum Gasteiger partial charge on any atom is -0.463 e. The summed E-state index contributed by atoms with van der Waals surface area (Å²) in [5.41, 5.74) is 0.265. The van der Waals surface area contributed by atoms with E-state index < -0.39 is 45.4 Å². The lowest BCUT2D eigenvalue weighted by Gasteiger charge is -2.11. The van der Waals surface area contributed by atoms with Crippen molar-refractivity contribution in [3.8, 4) is 11.5 Å². The number of benzene rings is 2. The van der Waals surface area contributed by atoms with Crippen LogP contribution < -0.4 is 14.8 Å². The van der Waals surface area contributed by atoms with Gasteiger partial charge in [-0.15, -0.1) is 0 Å². The summed E-state index contributed by atoms with van der Waals surface area (Å²) in [5.74, 6) is -3.78. The van der Waals surface area contributed by atoms with Crippen molar-refractivity contribution in [1.82, 2.24) is 10.0 Å². The van der Waals surface area contributed by atoms with Crippen LogP contribution in [0.25, 0.3) is 6.08 Å². The van der Waals surface area contributed by atoms with Crippen molar-refractivity contribution in [3.63, 3.8) is 0 Å². The zero-order valence-electron chi connectivity index (χ0n) is 24.8. The van der Waals surface area contributed by atoms with Gasteiger partial charge in [0.05, 0.1) is 51.1 Å². The van der Waals surface area contributed by atoms with Gasteiger partial charge in [-0.1, -0.05) is 0 Å². The van der Waals surface area contributed by atoms with E-state index in [4.69, 9.17) is 28.8 Å². The predicted molar refractivity (Wildman–Crippen MR) is 155 cm³/mol. The average Bonchev–Trinajstić information content (AvgIpc) is 2.97. The summed E-state index contributed by atoms with van der Waals surface area (Å²) in [6.45, 7) is 6.37. The van der Waals surface area contributed by atoms with Crippen LogP contribution in [-0.2, 0) is 38.6 Å². The molecule has 44 heavy (non-hydrogen) atoms. The Bertz CT molecular complexity index is 1330. The third-order valence-corrected chi connectivity index (χ3v) is 7.04. The van der Waals surface area contributed by atoms with Gasteiger partial charge < -0.3 is 34.1 Å². The van der Waals surface area contributed by atoms with Crippen molar-refractivity contribution >= 4 is 28.0 Å². The first-order valence-corrected chi connectivity index (χ1v) is 15.2. The molecular formula is C29H38F2N2O10S. The highest BCUT2D eigenvalue weighted by Gasteiger charge is 2.17. The molecule has 0 unspecified atom stereocenters. The van der Waals surface area contributed by atoms with Crippen LogP contribution in [0, 0.1) is 11.6 Å². The van der Waals surface area contributed by atoms with E-state index in [1.807, 2.05) is 0 Å². The predicted octanol–water partition coefficient (Wildman–Crippen LogP) is 2.55. The molecule has 0 aliphatic rings. The Hall–Kier alpha value is -3.47. The van der Waals surface area contributed by atoms with Crippen LogP contribution in [0.3, 0.4) is 0 Å². The third kappa shape index (κ3) is 13.0. The van der Waals surface area contributed by atoms with Crippen molar-refractivity contribution in [2.75, 3.05) is 59.3 Å². The summed E-state index contributed by atoms with van der Waals surface area (Å²) in [7, 11) is -3.88. The number of hydrogen-bond acceptors (Lipinski definition) is 10. The fourth-order valence-corrected chi connectivity index (χ4v) is 4.40. The number of rotatable bonds is 20. The molecule has 15 heteroatoms. The lowest BCUT2D eigenvalue weighted by atomic mass is 10.1. The van der Waals surface area contributed by atoms with E-state index in [0.29, 0.717) is 13.2 Å². The number of carbonyl (C=O) groups excluding carboxylic acids is 2. The van der Waals surface area contributed by atoms with Crippen LogP contribution in [0.2, 0.25) is 0 Å². The molecule has 0 saturated carbocycles. The van der Waals surface area contributed by atoms with Gasteiger partial charge in [-0.2, -0.15) is 0 Å². The molecule has 1 atom stereocenters.